The average molecular weight is 878 g/mol. The highest BCUT2D eigenvalue weighted by Crippen LogP contribution is 2.61. The Morgan fingerprint density at radius 3 is 2.46 bits per heavy atom. The summed E-state index contributed by atoms with van der Waals surface area (Å²) in [5.41, 5.74) is 4.26. The van der Waals surface area contributed by atoms with Crippen molar-refractivity contribution >= 4 is 69.1 Å². The number of nitrogens with one attached hydrogen (secondary N) is 2. The van der Waals surface area contributed by atoms with E-state index in [2.05, 4.69) is 34.4 Å². The SMILES string of the molecule is CCCCC=CC(=O)SCCNC(=O)CCNC(=O)C(O)C(C)(C)COP(=O)(O)OP(=O)(O)OC[C@H]1O[C@@H](n2cnc3c(N)ncnc32)[C@H](O)[C@@H]1OP(=O)(O)O. The number of imidazole rings is 1. The van der Waals surface area contributed by atoms with Crippen molar-refractivity contribution in [2.75, 3.05) is 37.8 Å². The third-order valence-corrected chi connectivity index (χ3v) is 11.7. The molecule has 0 saturated carbocycles. The van der Waals surface area contributed by atoms with Gasteiger partial charge >= 0.3 is 23.5 Å². The number of anilines is 1. The monoisotopic (exact) mass is 877 g/mol. The van der Waals surface area contributed by atoms with E-state index < -0.39 is 84.6 Å². The predicted molar refractivity (Wildman–Crippen MR) is 196 cm³/mol. The minimum atomic E-state index is -5.57. The van der Waals surface area contributed by atoms with Gasteiger partial charge in [-0.25, -0.2) is 28.6 Å². The van der Waals surface area contributed by atoms with Crippen LogP contribution in [0.4, 0.5) is 5.82 Å². The number of nitrogen functional groups attached to an aromatic ring is 1. The summed E-state index contributed by atoms with van der Waals surface area (Å²) in [6, 6.07) is 0. The summed E-state index contributed by atoms with van der Waals surface area (Å²) in [6.07, 6.45) is -0.810. The highest BCUT2D eigenvalue weighted by atomic mass is 32.2. The van der Waals surface area contributed by atoms with Gasteiger partial charge in [0.1, 0.15) is 36.3 Å². The Kier molecular flexibility index (Phi) is 17.7. The van der Waals surface area contributed by atoms with Gasteiger partial charge in [-0.15, -0.1) is 0 Å². The fourth-order valence-corrected chi connectivity index (χ4v) is 8.26. The Bertz CT molecular complexity index is 1850. The summed E-state index contributed by atoms with van der Waals surface area (Å²) in [4.78, 5) is 87.3. The van der Waals surface area contributed by atoms with Crippen molar-refractivity contribution in [2.45, 2.75) is 77.1 Å². The molecule has 2 aromatic heterocycles. The lowest BCUT2D eigenvalue weighted by atomic mass is 9.87. The molecular formula is C28H46N7O17P3S. The van der Waals surface area contributed by atoms with E-state index in [1.807, 2.05) is 6.92 Å². The summed E-state index contributed by atoms with van der Waals surface area (Å²) in [7, 11) is -16.4. The summed E-state index contributed by atoms with van der Waals surface area (Å²) in [5.74, 6) is -1.11. The van der Waals surface area contributed by atoms with Crippen LogP contribution in [0.2, 0.25) is 0 Å². The van der Waals surface area contributed by atoms with Crippen molar-refractivity contribution < 1.29 is 80.5 Å². The largest absolute Gasteiger partial charge is 0.481 e. The van der Waals surface area contributed by atoms with Crippen LogP contribution in [0.25, 0.3) is 11.2 Å². The number of allylic oxidation sites excluding steroid dienone is 1. The second-order valence-electron chi connectivity index (χ2n) is 12.8. The second kappa shape index (κ2) is 20.8. The smallest absolute Gasteiger partial charge is 0.386 e. The van der Waals surface area contributed by atoms with Gasteiger partial charge in [0.05, 0.1) is 19.5 Å². The molecule has 3 unspecified atom stereocenters. The van der Waals surface area contributed by atoms with Gasteiger partial charge in [-0.2, -0.15) is 4.31 Å². The van der Waals surface area contributed by atoms with Crippen LogP contribution < -0.4 is 16.4 Å². The number of rotatable bonds is 23. The molecule has 0 aromatic carbocycles. The number of hydrogen-bond donors (Lipinski definition) is 9. The quantitative estimate of drug-likeness (QED) is 0.0415. The number of aromatic nitrogens is 4. The van der Waals surface area contributed by atoms with Crippen LogP contribution in [0, 0.1) is 5.41 Å². The molecule has 1 aliphatic rings. The van der Waals surface area contributed by atoms with Crippen molar-refractivity contribution in [1.82, 2.24) is 30.2 Å². The maximum Gasteiger partial charge on any atom is 0.481 e. The maximum atomic E-state index is 12.7. The molecular weight excluding hydrogens is 831 g/mol. The first-order valence-electron chi connectivity index (χ1n) is 16.8. The lowest BCUT2D eigenvalue weighted by Gasteiger charge is -2.30. The highest BCUT2D eigenvalue weighted by Gasteiger charge is 2.50. The number of phosphoric acid groups is 3. The summed E-state index contributed by atoms with van der Waals surface area (Å²) < 4.78 is 62.1. The number of carbonyl (C=O) groups is 3. The standard InChI is InChI=1S/C28H46N7O17P3S/c1-4-5-6-7-8-19(37)56-12-11-30-18(36)9-10-31-26(40)23(39)28(2,3)14-49-55(46,47)52-54(44,45)48-13-17-22(51-53(41,42)43)21(38)27(50-17)35-16-34-20-24(29)32-15-33-25(20)35/h7-8,15-17,21-23,27,38-39H,4-6,9-14H2,1-3H3,(H,30,36)(H,31,40)(H,44,45)(H,46,47)(H2,29,32,33)(H2,41,42,43)/t17-,21-,22-,23?,27-/m1/s1. The zero-order chi connectivity index (χ0) is 41.9. The van der Waals surface area contributed by atoms with E-state index in [0.717, 1.165) is 48.2 Å². The zero-order valence-corrected chi connectivity index (χ0v) is 33.8. The number of ether oxygens (including phenoxy) is 1. The van der Waals surface area contributed by atoms with Gasteiger partial charge in [0.15, 0.2) is 17.7 Å². The average Bonchev–Trinajstić information content (AvgIpc) is 3.66. The maximum absolute atomic E-state index is 12.7. The van der Waals surface area contributed by atoms with Crippen molar-refractivity contribution in [1.29, 1.82) is 0 Å². The number of aliphatic hydroxyl groups excluding tert-OH is 2. The van der Waals surface area contributed by atoms with E-state index in [0.29, 0.717) is 5.75 Å². The number of thioether (sulfide) groups is 1. The molecule has 7 atom stereocenters. The molecule has 3 heterocycles. The van der Waals surface area contributed by atoms with Gasteiger partial charge in [0.2, 0.25) is 16.9 Å². The Morgan fingerprint density at radius 1 is 1.09 bits per heavy atom. The van der Waals surface area contributed by atoms with E-state index >= 15 is 0 Å². The second-order valence-corrected chi connectivity index (χ2v) is 18.1. The van der Waals surface area contributed by atoms with Crippen LogP contribution in [0.1, 0.15) is 52.7 Å². The van der Waals surface area contributed by atoms with Crippen LogP contribution in [0.3, 0.4) is 0 Å². The van der Waals surface area contributed by atoms with Crippen LogP contribution >= 0.6 is 35.2 Å². The first-order chi connectivity index (χ1) is 26.1. The van der Waals surface area contributed by atoms with Gasteiger partial charge in [-0.05, 0) is 12.5 Å². The minimum absolute atomic E-state index is 0.0308. The number of unbranched alkanes of at least 4 members (excludes halogenated alkanes) is 2. The molecule has 316 valence electrons. The zero-order valence-electron chi connectivity index (χ0n) is 30.4. The predicted octanol–water partition coefficient (Wildman–Crippen LogP) is 0.411. The van der Waals surface area contributed by atoms with Gasteiger partial charge in [0.25, 0.3) is 0 Å². The molecule has 28 heteroatoms. The van der Waals surface area contributed by atoms with Crippen molar-refractivity contribution in [3.8, 4) is 0 Å². The highest BCUT2D eigenvalue weighted by molar-refractivity contribution is 8.14. The molecule has 0 aliphatic carbocycles. The van der Waals surface area contributed by atoms with Gasteiger partial charge in [-0.1, -0.05) is 51.5 Å². The van der Waals surface area contributed by atoms with E-state index in [1.54, 1.807) is 6.08 Å². The molecule has 2 amide bonds. The molecule has 0 bridgehead atoms. The lowest BCUT2D eigenvalue weighted by molar-refractivity contribution is -0.137. The van der Waals surface area contributed by atoms with Gasteiger partial charge in [-0.3, -0.25) is 32.5 Å². The van der Waals surface area contributed by atoms with Gasteiger partial charge in [0, 0.05) is 30.7 Å². The molecule has 3 rings (SSSR count). The number of nitrogens with zero attached hydrogens (tertiary/aromatic N) is 4. The summed E-state index contributed by atoms with van der Waals surface area (Å²) in [6.45, 7) is 2.54. The van der Waals surface area contributed by atoms with Crippen LogP contribution in [0.15, 0.2) is 24.8 Å². The summed E-state index contributed by atoms with van der Waals surface area (Å²) in [5, 5.41) is 26.2. The molecule has 1 fully saturated rings. The van der Waals surface area contributed by atoms with Crippen molar-refractivity contribution in [3.05, 3.63) is 24.8 Å². The molecule has 10 N–H and O–H groups in total. The van der Waals surface area contributed by atoms with E-state index in [1.165, 1.54) is 19.9 Å². The van der Waals surface area contributed by atoms with Crippen LogP contribution in [-0.4, -0.2) is 123 Å². The normalized spacial score (nSPS) is 21.8. The molecule has 0 radical (unpaired) electrons. The number of carbonyl (C=O) groups excluding carboxylic acids is 3. The molecule has 1 saturated heterocycles. The molecule has 0 spiro atoms. The number of nitrogens with two attached hydrogens (primary N) is 1. The third-order valence-electron chi connectivity index (χ3n) is 7.72. The Morgan fingerprint density at radius 2 is 1.79 bits per heavy atom. The number of amides is 2. The first-order valence-corrected chi connectivity index (χ1v) is 22.3. The van der Waals surface area contributed by atoms with E-state index in [-0.39, 0.29) is 41.6 Å². The van der Waals surface area contributed by atoms with E-state index in [9.17, 15) is 57.9 Å². The van der Waals surface area contributed by atoms with E-state index in [4.69, 9.17) is 19.5 Å². The lowest BCUT2D eigenvalue weighted by Crippen LogP contribution is -2.46. The Hall–Kier alpha value is -2.70. The minimum Gasteiger partial charge on any atom is -0.386 e. The molecule has 1 aliphatic heterocycles. The fraction of sp³-hybridized carbons (Fsp3) is 0.643. The number of phosphoric ester groups is 3. The topological polar surface area (TPSA) is 364 Å². The van der Waals surface area contributed by atoms with Crippen molar-refractivity contribution in [2.24, 2.45) is 5.41 Å². The van der Waals surface area contributed by atoms with Crippen LogP contribution in [-0.2, 0) is 50.7 Å². The third kappa shape index (κ3) is 14.9. The fourth-order valence-electron chi connectivity index (χ4n) is 4.83. The Labute approximate surface area is 324 Å². The number of fused-ring (bicyclic) bond motifs is 1. The number of hydrogen-bond acceptors (Lipinski definition) is 18. The van der Waals surface area contributed by atoms with Gasteiger partial charge < -0.3 is 50.9 Å². The Balaban J connectivity index is 1.48. The first kappa shape index (κ1) is 47.7. The molecule has 56 heavy (non-hydrogen) atoms. The van der Waals surface area contributed by atoms with Crippen LogP contribution in [0.5, 0.6) is 0 Å². The molecule has 2 aromatic rings. The number of aliphatic hydroxyl groups is 2. The molecule has 24 nitrogen and oxygen atoms in total. The summed E-state index contributed by atoms with van der Waals surface area (Å²) >= 11 is 1.04. The van der Waals surface area contributed by atoms with Crippen molar-refractivity contribution in [3.63, 3.8) is 0 Å².